The van der Waals surface area contributed by atoms with Crippen LogP contribution >= 0.6 is 27.3 Å². The molecular formula is C16H20BrNO2S. The van der Waals surface area contributed by atoms with Crippen LogP contribution in [0.4, 0.5) is 0 Å². The lowest BCUT2D eigenvalue weighted by Gasteiger charge is -2.12. The third-order valence-corrected chi connectivity index (χ3v) is 4.93. The van der Waals surface area contributed by atoms with Gasteiger partial charge >= 0.3 is 0 Å². The van der Waals surface area contributed by atoms with Crippen molar-refractivity contribution in [3.05, 3.63) is 44.6 Å². The SMILES string of the molecule is CCCNCc1ccc(OCc2sccc2Br)c(OC)c1. The van der Waals surface area contributed by atoms with Crippen LogP contribution in [-0.4, -0.2) is 13.7 Å². The molecule has 3 nitrogen and oxygen atoms in total. The second-order valence-corrected chi connectivity index (χ2v) is 6.50. The van der Waals surface area contributed by atoms with Crippen LogP contribution in [0.25, 0.3) is 0 Å². The van der Waals surface area contributed by atoms with Crippen molar-refractivity contribution < 1.29 is 9.47 Å². The predicted octanol–water partition coefficient (Wildman–Crippen LogP) is 4.60. The highest BCUT2D eigenvalue weighted by Crippen LogP contribution is 2.30. The maximum absolute atomic E-state index is 5.87. The molecule has 1 aromatic heterocycles. The van der Waals surface area contributed by atoms with Crippen molar-refractivity contribution in [2.24, 2.45) is 0 Å². The molecule has 0 radical (unpaired) electrons. The summed E-state index contributed by atoms with van der Waals surface area (Å²) in [5, 5.41) is 5.43. The van der Waals surface area contributed by atoms with Crippen molar-refractivity contribution in [3.63, 3.8) is 0 Å². The maximum atomic E-state index is 5.87. The lowest BCUT2D eigenvalue weighted by Crippen LogP contribution is -2.13. The molecule has 0 atom stereocenters. The molecule has 0 aliphatic rings. The highest BCUT2D eigenvalue weighted by Gasteiger charge is 2.08. The van der Waals surface area contributed by atoms with Gasteiger partial charge in [-0.1, -0.05) is 13.0 Å². The molecule has 0 bridgehead atoms. The van der Waals surface area contributed by atoms with Crippen molar-refractivity contribution >= 4 is 27.3 Å². The molecule has 2 aromatic rings. The summed E-state index contributed by atoms with van der Waals surface area (Å²) >= 11 is 5.19. The number of methoxy groups -OCH3 is 1. The Morgan fingerprint density at radius 1 is 1.24 bits per heavy atom. The Labute approximate surface area is 138 Å². The Morgan fingerprint density at radius 3 is 2.76 bits per heavy atom. The predicted molar refractivity (Wildman–Crippen MR) is 91.3 cm³/mol. The van der Waals surface area contributed by atoms with Gasteiger partial charge in [-0.15, -0.1) is 11.3 Å². The number of ether oxygens (including phenoxy) is 2. The van der Waals surface area contributed by atoms with Gasteiger partial charge in [-0.3, -0.25) is 0 Å². The number of rotatable bonds is 8. The molecule has 0 spiro atoms. The number of benzene rings is 1. The number of hydrogen-bond acceptors (Lipinski definition) is 4. The summed E-state index contributed by atoms with van der Waals surface area (Å²) in [6.45, 7) is 4.57. The topological polar surface area (TPSA) is 30.5 Å². The van der Waals surface area contributed by atoms with Crippen LogP contribution in [0.3, 0.4) is 0 Å². The van der Waals surface area contributed by atoms with Gasteiger partial charge in [0, 0.05) is 11.0 Å². The van der Waals surface area contributed by atoms with E-state index in [-0.39, 0.29) is 0 Å². The first-order chi connectivity index (χ1) is 10.2. The van der Waals surface area contributed by atoms with Crippen LogP contribution in [0, 0.1) is 0 Å². The summed E-state index contributed by atoms with van der Waals surface area (Å²) in [4.78, 5) is 1.17. The lowest BCUT2D eigenvalue weighted by atomic mass is 10.2. The van der Waals surface area contributed by atoms with Crippen LogP contribution in [0.5, 0.6) is 11.5 Å². The monoisotopic (exact) mass is 369 g/mol. The van der Waals surface area contributed by atoms with Crippen LogP contribution in [0.2, 0.25) is 0 Å². The second kappa shape index (κ2) is 8.41. The van der Waals surface area contributed by atoms with Gasteiger partial charge in [-0.2, -0.15) is 0 Å². The molecule has 0 fully saturated rings. The summed E-state index contributed by atoms with van der Waals surface area (Å²) in [6.07, 6.45) is 1.13. The molecule has 0 amide bonds. The molecule has 0 aliphatic heterocycles. The van der Waals surface area contributed by atoms with Crippen molar-refractivity contribution in [2.75, 3.05) is 13.7 Å². The summed E-state index contributed by atoms with van der Waals surface area (Å²) in [6, 6.07) is 8.11. The van der Waals surface area contributed by atoms with E-state index in [1.54, 1.807) is 18.4 Å². The molecule has 114 valence electrons. The van der Waals surface area contributed by atoms with E-state index in [2.05, 4.69) is 34.2 Å². The highest BCUT2D eigenvalue weighted by atomic mass is 79.9. The zero-order valence-corrected chi connectivity index (χ0v) is 14.7. The van der Waals surface area contributed by atoms with Crippen LogP contribution in [-0.2, 0) is 13.2 Å². The molecule has 1 heterocycles. The standard InChI is InChI=1S/C16H20BrNO2S/c1-3-7-18-10-12-4-5-14(15(9-12)19-2)20-11-16-13(17)6-8-21-16/h4-6,8-9,18H,3,7,10-11H2,1-2H3. The van der Waals surface area contributed by atoms with E-state index in [0.717, 1.165) is 35.5 Å². The third-order valence-electron chi connectivity index (χ3n) is 3.03. The van der Waals surface area contributed by atoms with Gasteiger partial charge in [0.15, 0.2) is 11.5 Å². The normalized spacial score (nSPS) is 10.6. The van der Waals surface area contributed by atoms with E-state index in [1.807, 2.05) is 23.6 Å². The van der Waals surface area contributed by atoms with Gasteiger partial charge in [-0.05, 0) is 58.0 Å². The zero-order chi connectivity index (χ0) is 15.1. The van der Waals surface area contributed by atoms with Crippen molar-refractivity contribution in [2.45, 2.75) is 26.5 Å². The van der Waals surface area contributed by atoms with E-state index >= 15 is 0 Å². The third kappa shape index (κ3) is 4.73. The average Bonchev–Trinajstić information content (AvgIpc) is 2.91. The van der Waals surface area contributed by atoms with Gasteiger partial charge < -0.3 is 14.8 Å². The molecule has 21 heavy (non-hydrogen) atoms. The van der Waals surface area contributed by atoms with Crippen molar-refractivity contribution in [1.29, 1.82) is 0 Å². The minimum Gasteiger partial charge on any atom is -0.493 e. The first kappa shape index (κ1) is 16.3. The van der Waals surface area contributed by atoms with Crippen molar-refractivity contribution in [3.8, 4) is 11.5 Å². The Kier molecular flexibility index (Phi) is 6.54. The highest BCUT2D eigenvalue weighted by molar-refractivity contribution is 9.10. The summed E-state index contributed by atoms with van der Waals surface area (Å²) in [5.74, 6) is 1.55. The van der Waals surface area contributed by atoms with Gasteiger partial charge in [0.05, 0.1) is 12.0 Å². The molecule has 1 aromatic carbocycles. The van der Waals surface area contributed by atoms with E-state index in [9.17, 15) is 0 Å². The molecule has 0 unspecified atom stereocenters. The minimum absolute atomic E-state index is 0.544. The molecule has 0 saturated carbocycles. The Bertz CT molecular complexity index is 571. The lowest BCUT2D eigenvalue weighted by molar-refractivity contribution is 0.286. The van der Waals surface area contributed by atoms with Gasteiger partial charge in [-0.25, -0.2) is 0 Å². The smallest absolute Gasteiger partial charge is 0.161 e. The van der Waals surface area contributed by atoms with E-state index in [1.165, 1.54) is 10.4 Å². The maximum Gasteiger partial charge on any atom is 0.161 e. The summed E-state index contributed by atoms with van der Waals surface area (Å²) < 4.78 is 12.4. The Balaban J connectivity index is 2.00. The number of halogens is 1. The molecule has 5 heteroatoms. The summed E-state index contributed by atoms with van der Waals surface area (Å²) in [7, 11) is 1.67. The van der Waals surface area contributed by atoms with E-state index in [0.29, 0.717) is 6.61 Å². The Morgan fingerprint density at radius 2 is 2.10 bits per heavy atom. The summed E-state index contributed by atoms with van der Waals surface area (Å²) in [5.41, 5.74) is 1.20. The fourth-order valence-corrected chi connectivity index (χ4v) is 3.30. The van der Waals surface area contributed by atoms with Crippen molar-refractivity contribution in [1.82, 2.24) is 5.32 Å². The van der Waals surface area contributed by atoms with Gasteiger partial charge in [0.25, 0.3) is 0 Å². The van der Waals surface area contributed by atoms with E-state index < -0.39 is 0 Å². The number of hydrogen-bond donors (Lipinski definition) is 1. The largest absolute Gasteiger partial charge is 0.493 e. The average molecular weight is 370 g/mol. The Hall–Kier alpha value is -1.04. The van der Waals surface area contributed by atoms with Crippen LogP contribution < -0.4 is 14.8 Å². The van der Waals surface area contributed by atoms with E-state index in [4.69, 9.17) is 9.47 Å². The minimum atomic E-state index is 0.544. The van der Waals surface area contributed by atoms with Crippen LogP contribution in [0.15, 0.2) is 34.1 Å². The fraction of sp³-hybridized carbons (Fsp3) is 0.375. The number of nitrogens with one attached hydrogen (secondary N) is 1. The fourth-order valence-electron chi connectivity index (χ4n) is 1.92. The molecular weight excluding hydrogens is 350 g/mol. The zero-order valence-electron chi connectivity index (χ0n) is 12.3. The van der Waals surface area contributed by atoms with Crippen LogP contribution in [0.1, 0.15) is 23.8 Å². The molecule has 0 saturated heterocycles. The first-order valence-electron chi connectivity index (χ1n) is 6.97. The first-order valence-corrected chi connectivity index (χ1v) is 8.64. The molecule has 1 N–H and O–H groups in total. The quantitative estimate of drug-likeness (QED) is 0.689. The molecule has 2 rings (SSSR count). The number of thiophene rings is 1. The molecule has 0 aliphatic carbocycles. The second-order valence-electron chi connectivity index (χ2n) is 4.64. The van der Waals surface area contributed by atoms with Gasteiger partial charge in [0.2, 0.25) is 0 Å². The van der Waals surface area contributed by atoms with Gasteiger partial charge in [0.1, 0.15) is 6.61 Å².